The number of rotatable bonds is 1. The lowest BCUT2D eigenvalue weighted by molar-refractivity contribution is -0.169. The second-order valence-corrected chi connectivity index (χ2v) is 6.24. The molecule has 0 amide bonds. The number of thioether (sulfide) groups is 1. The minimum Gasteiger partial charge on any atom is -0.346 e. The molecule has 0 bridgehead atoms. The molecule has 2 nitrogen and oxygen atoms in total. The molecule has 2 atom stereocenters. The van der Waals surface area contributed by atoms with Gasteiger partial charge in [-0.25, -0.2) is 0 Å². The Morgan fingerprint density at radius 3 is 2.79 bits per heavy atom. The van der Waals surface area contributed by atoms with Gasteiger partial charge in [0, 0.05) is 12.2 Å². The molecule has 0 saturated carbocycles. The van der Waals surface area contributed by atoms with Gasteiger partial charge in [0.2, 0.25) is 0 Å². The summed E-state index contributed by atoms with van der Waals surface area (Å²) in [6, 6.07) is 0. The third kappa shape index (κ3) is 2.21. The highest BCUT2D eigenvalue weighted by atomic mass is 35.5. The molecule has 1 spiro atoms. The first kappa shape index (κ1) is 11.1. The summed E-state index contributed by atoms with van der Waals surface area (Å²) in [5.41, 5.74) is 0.310. The van der Waals surface area contributed by atoms with E-state index in [1.54, 1.807) is 0 Å². The van der Waals surface area contributed by atoms with Gasteiger partial charge in [0.25, 0.3) is 0 Å². The molecule has 14 heavy (non-hydrogen) atoms. The Kier molecular flexibility index (Phi) is 3.04. The summed E-state index contributed by atoms with van der Waals surface area (Å²) >= 11 is 7.69. The summed E-state index contributed by atoms with van der Waals surface area (Å²) in [4.78, 5) is 0. The van der Waals surface area contributed by atoms with E-state index in [1.807, 2.05) is 11.8 Å². The predicted molar refractivity (Wildman–Crippen MR) is 60.0 cm³/mol. The number of hydrogen-bond donors (Lipinski definition) is 0. The zero-order chi connectivity index (χ0) is 10.2. The summed E-state index contributed by atoms with van der Waals surface area (Å²) in [5.74, 6) is 2.33. The zero-order valence-electron chi connectivity index (χ0n) is 8.72. The van der Waals surface area contributed by atoms with E-state index in [2.05, 4.69) is 13.8 Å². The number of ether oxygens (including phenoxy) is 2. The summed E-state index contributed by atoms with van der Waals surface area (Å²) in [5, 5.41) is 0. The third-order valence-corrected chi connectivity index (χ3v) is 4.62. The molecule has 2 fully saturated rings. The maximum atomic E-state index is 5.90. The van der Waals surface area contributed by atoms with E-state index < -0.39 is 0 Å². The highest BCUT2D eigenvalue weighted by molar-refractivity contribution is 7.99. The molecule has 0 aromatic carbocycles. The average Bonchev–Trinajstić information content (AvgIpc) is 2.46. The second kappa shape index (κ2) is 3.85. The van der Waals surface area contributed by atoms with Gasteiger partial charge in [-0.3, -0.25) is 0 Å². The van der Waals surface area contributed by atoms with Crippen molar-refractivity contribution in [3.63, 3.8) is 0 Å². The van der Waals surface area contributed by atoms with E-state index in [0.29, 0.717) is 17.9 Å². The molecular formula is C10H17ClO2S. The summed E-state index contributed by atoms with van der Waals surface area (Å²) in [6.07, 6.45) is 1.08. The van der Waals surface area contributed by atoms with Crippen molar-refractivity contribution >= 4 is 23.4 Å². The van der Waals surface area contributed by atoms with Crippen LogP contribution >= 0.6 is 23.4 Å². The van der Waals surface area contributed by atoms with Gasteiger partial charge in [0.1, 0.15) is 0 Å². The molecule has 2 rings (SSSR count). The fourth-order valence-corrected chi connectivity index (χ4v) is 3.65. The largest absolute Gasteiger partial charge is 0.346 e. The van der Waals surface area contributed by atoms with Gasteiger partial charge in [-0.1, -0.05) is 13.8 Å². The van der Waals surface area contributed by atoms with Gasteiger partial charge >= 0.3 is 0 Å². The van der Waals surface area contributed by atoms with Crippen molar-refractivity contribution in [2.75, 3.05) is 24.0 Å². The fourth-order valence-electron chi connectivity index (χ4n) is 2.18. The minimum absolute atomic E-state index is 0.0890. The van der Waals surface area contributed by atoms with Crippen LogP contribution in [0.4, 0.5) is 0 Å². The SMILES string of the molecule is CC1(C)CSCC2(C1)OCC(CCl)O2. The van der Waals surface area contributed by atoms with Crippen molar-refractivity contribution in [2.45, 2.75) is 32.2 Å². The highest BCUT2D eigenvalue weighted by Crippen LogP contribution is 2.44. The highest BCUT2D eigenvalue weighted by Gasteiger charge is 2.47. The number of halogens is 1. The van der Waals surface area contributed by atoms with E-state index in [-0.39, 0.29) is 11.9 Å². The van der Waals surface area contributed by atoms with Crippen molar-refractivity contribution in [1.82, 2.24) is 0 Å². The van der Waals surface area contributed by atoms with E-state index in [9.17, 15) is 0 Å². The van der Waals surface area contributed by atoms with Gasteiger partial charge in [0.15, 0.2) is 5.79 Å². The van der Waals surface area contributed by atoms with Crippen LogP contribution in [0.3, 0.4) is 0 Å². The Labute approximate surface area is 94.7 Å². The van der Waals surface area contributed by atoms with Crippen LogP contribution in [-0.2, 0) is 9.47 Å². The van der Waals surface area contributed by atoms with Crippen molar-refractivity contribution in [3.05, 3.63) is 0 Å². The molecule has 82 valence electrons. The Morgan fingerprint density at radius 1 is 1.43 bits per heavy atom. The minimum atomic E-state index is -0.341. The molecule has 2 saturated heterocycles. The van der Waals surface area contributed by atoms with Gasteiger partial charge in [-0.05, 0) is 11.2 Å². The Bertz CT molecular complexity index is 222. The van der Waals surface area contributed by atoms with E-state index in [0.717, 1.165) is 12.2 Å². The quantitative estimate of drug-likeness (QED) is 0.652. The van der Waals surface area contributed by atoms with Crippen LogP contribution < -0.4 is 0 Å². The molecule has 0 aliphatic carbocycles. The Morgan fingerprint density at radius 2 is 2.21 bits per heavy atom. The first-order chi connectivity index (χ1) is 6.55. The first-order valence-electron chi connectivity index (χ1n) is 5.01. The smallest absolute Gasteiger partial charge is 0.178 e. The zero-order valence-corrected chi connectivity index (χ0v) is 10.3. The molecule has 0 N–H and O–H groups in total. The van der Waals surface area contributed by atoms with Crippen LogP contribution in [0, 0.1) is 5.41 Å². The topological polar surface area (TPSA) is 18.5 Å². The maximum Gasteiger partial charge on any atom is 0.178 e. The normalized spacial score (nSPS) is 41.8. The van der Waals surface area contributed by atoms with Gasteiger partial charge in [-0.2, -0.15) is 11.8 Å². The first-order valence-corrected chi connectivity index (χ1v) is 6.70. The lowest BCUT2D eigenvalue weighted by Crippen LogP contribution is -2.43. The van der Waals surface area contributed by atoms with Crippen LogP contribution in [0.15, 0.2) is 0 Å². The van der Waals surface area contributed by atoms with Crippen LogP contribution in [0.1, 0.15) is 20.3 Å². The summed E-state index contributed by atoms with van der Waals surface area (Å²) in [6.45, 7) is 5.18. The molecule has 2 unspecified atom stereocenters. The van der Waals surface area contributed by atoms with Crippen LogP contribution in [0.25, 0.3) is 0 Å². The van der Waals surface area contributed by atoms with Crippen molar-refractivity contribution < 1.29 is 9.47 Å². The molecule has 0 aromatic rings. The molecule has 4 heteroatoms. The fraction of sp³-hybridized carbons (Fsp3) is 1.00. The molecule has 2 aliphatic rings. The van der Waals surface area contributed by atoms with Crippen LogP contribution in [0.2, 0.25) is 0 Å². The van der Waals surface area contributed by atoms with E-state index in [1.165, 1.54) is 5.75 Å². The van der Waals surface area contributed by atoms with Gasteiger partial charge in [-0.15, -0.1) is 11.6 Å². The average molecular weight is 237 g/mol. The third-order valence-electron chi connectivity index (χ3n) is 2.65. The standard InChI is InChI=1S/C10H17ClO2S/c1-9(2)5-10(7-14-6-9)12-4-8(3-11)13-10/h8H,3-7H2,1-2H3. The van der Waals surface area contributed by atoms with E-state index >= 15 is 0 Å². The van der Waals surface area contributed by atoms with Gasteiger partial charge in [0.05, 0.1) is 18.6 Å². The van der Waals surface area contributed by atoms with Crippen LogP contribution in [0.5, 0.6) is 0 Å². The molecular weight excluding hydrogens is 220 g/mol. The van der Waals surface area contributed by atoms with E-state index in [4.69, 9.17) is 21.1 Å². The van der Waals surface area contributed by atoms with Gasteiger partial charge < -0.3 is 9.47 Å². The predicted octanol–water partition coefficient (Wildman–Crippen LogP) is 2.50. The molecule has 0 radical (unpaired) electrons. The number of hydrogen-bond acceptors (Lipinski definition) is 3. The summed E-state index contributed by atoms with van der Waals surface area (Å²) in [7, 11) is 0. The second-order valence-electron chi connectivity index (χ2n) is 4.95. The Balaban J connectivity index is 2.03. The molecule has 0 aromatic heterocycles. The lowest BCUT2D eigenvalue weighted by atomic mass is 9.87. The van der Waals surface area contributed by atoms with Crippen molar-refractivity contribution in [3.8, 4) is 0 Å². The summed E-state index contributed by atoms with van der Waals surface area (Å²) < 4.78 is 11.7. The van der Waals surface area contributed by atoms with Crippen LogP contribution in [-0.4, -0.2) is 35.9 Å². The Hall–Kier alpha value is 0.560. The number of alkyl halides is 1. The molecule has 2 aliphatic heterocycles. The lowest BCUT2D eigenvalue weighted by Gasteiger charge is -2.40. The van der Waals surface area contributed by atoms with Crippen molar-refractivity contribution in [1.29, 1.82) is 0 Å². The monoisotopic (exact) mass is 236 g/mol. The maximum absolute atomic E-state index is 5.90. The molecule has 2 heterocycles. The van der Waals surface area contributed by atoms with Crippen molar-refractivity contribution in [2.24, 2.45) is 5.41 Å².